The van der Waals surface area contributed by atoms with Crippen molar-refractivity contribution in [2.24, 2.45) is 10.9 Å². The first kappa shape index (κ1) is 21.2. The smallest absolute Gasteiger partial charge is 0.238 e. The number of nitrogens with two attached hydrogens (primary N) is 2. The van der Waals surface area contributed by atoms with Gasteiger partial charge in [-0.2, -0.15) is 0 Å². The number of hydrogen-bond acceptors (Lipinski definition) is 4. The summed E-state index contributed by atoms with van der Waals surface area (Å²) in [5.41, 5.74) is 8.82. The van der Waals surface area contributed by atoms with Crippen LogP contribution in [0.2, 0.25) is 0 Å². The fraction of sp³-hybridized carbons (Fsp3) is 0.0909. The predicted octanol–water partition coefficient (Wildman–Crippen LogP) is 2.86. The van der Waals surface area contributed by atoms with E-state index in [9.17, 15) is 13.2 Å². The molecule has 0 heterocycles. The van der Waals surface area contributed by atoms with Crippen LogP contribution >= 0.6 is 0 Å². The van der Waals surface area contributed by atoms with Crippen molar-refractivity contribution in [2.75, 3.05) is 5.32 Å². The van der Waals surface area contributed by atoms with Crippen LogP contribution < -0.4 is 16.2 Å². The maximum absolute atomic E-state index is 12.3. The molecular weight excluding hydrogens is 400 g/mol. The van der Waals surface area contributed by atoms with Crippen LogP contribution in [0.3, 0.4) is 0 Å². The summed E-state index contributed by atoms with van der Waals surface area (Å²) in [6.45, 7) is 0. The average Bonchev–Trinajstić information content (AvgIpc) is 2.72. The zero-order valence-corrected chi connectivity index (χ0v) is 16.9. The highest BCUT2D eigenvalue weighted by molar-refractivity contribution is 7.89. The molecule has 3 rings (SSSR count). The Morgan fingerprint density at radius 3 is 2.23 bits per heavy atom. The van der Waals surface area contributed by atoms with Crippen molar-refractivity contribution in [3.8, 4) is 11.1 Å². The molecule has 3 aromatic rings. The van der Waals surface area contributed by atoms with Crippen LogP contribution in [0.5, 0.6) is 0 Å². The number of carbonyl (C=O) groups excluding carboxylic acids is 1. The van der Waals surface area contributed by atoms with Crippen LogP contribution in [0.25, 0.3) is 11.1 Å². The topological polar surface area (TPSA) is 139 Å². The van der Waals surface area contributed by atoms with Crippen LogP contribution in [-0.2, 0) is 21.2 Å². The molecule has 0 bridgehead atoms. The molecule has 0 saturated carbocycles. The first-order valence-corrected chi connectivity index (χ1v) is 10.7. The van der Waals surface area contributed by atoms with Crippen molar-refractivity contribution in [3.63, 3.8) is 0 Å². The molecule has 6 N–H and O–H groups in total. The number of amides is 1. The quantitative estimate of drug-likeness (QED) is 0.343. The standard InChI is InChI=1S/C22H22N4O3S/c23-22(24)19-7-2-1-5-15(19)11-14-21(27)26-17-12-9-16(10-13-17)18-6-3-4-8-20(18)30(25,28)29/h1-10,12-13H,11,14H2,(H3,23,24)(H,26,27)(H2,25,28,29). The highest BCUT2D eigenvalue weighted by atomic mass is 32.2. The van der Waals surface area contributed by atoms with Crippen LogP contribution in [0.15, 0.2) is 77.7 Å². The number of nitrogens with one attached hydrogen (secondary N) is 2. The second kappa shape index (κ2) is 8.89. The first-order chi connectivity index (χ1) is 14.3. The minimum absolute atomic E-state index is 0.0265. The van der Waals surface area contributed by atoms with Crippen molar-refractivity contribution >= 4 is 27.5 Å². The highest BCUT2D eigenvalue weighted by Gasteiger charge is 2.14. The number of primary sulfonamides is 1. The fourth-order valence-electron chi connectivity index (χ4n) is 3.16. The summed E-state index contributed by atoms with van der Waals surface area (Å²) in [5.74, 6) is -0.201. The molecular formula is C22H22N4O3S. The van der Waals surface area contributed by atoms with Gasteiger partial charge in [0.1, 0.15) is 5.84 Å². The number of rotatable bonds is 7. The number of aryl methyl sites for hydroxylation is 1. The van der Waals surface area contributed by atoms with Gasteiger partial charge in [0.2, 0.25) is 15.9 Å². The zero-order valence-electron chi connectivity index (χ0n) is 16.1. The second-order valence-corrected chi connectivity index (χ2v) is 8.27. The molecule has 0 spiro atoms. The molecule has 7 nitrogen and oxygen atoms in total. The Hall–Kier alpha value is -3.49. The second-order valence-electron chi connectivity index (χ2n) is 6.74. The summed E-state index contributed by atoms with van der Waals surface area (Å²) in [4.78, 5) is 12.4. The van der Waals surface area contributed by atoms with Gasteiger partial charge in [-0.25, -0.2) is 13.6 Å². The van der Waals surface area contributed by atoms with Crippen LogP contribution in [0, 0.1) is 5.41 Å². The number of sulfonamides is 1. The Bertz CT molecular complexity index is 1190. The minimum atomic E-state index is -3.85. The number of anilines is 1. The third-order valence-corrected chi connectivity index (χ3v) is 5.57. The number of nitrogen functional groups attached to an aromatic ring is 1. The first-order valence-electron chi connectivity index (χ1n) is 9.20. The molecule has 0 atom stereocenters. The Morgan fingerprint density at radius 1 is 0.933 bits per heavy atom. The fourth-order valence-corrected chi connectivity index (χ4v) is 3.92. The third kappa shape index (κ3) is 5.11. The summed E-state index contributed by atoms with van der Waals surface area (Å²) < 4.78 is 23.6. The molecule has 0 radical (unpaired) electrons. The normalized spacial score (nSPS) is 11.1. The van der Waals surface area contributed by atoms with Crippen LogP contribution in [-0.4, -0.2) is 20.2 Å². The lowest BCUT2D eigenvalue weighted by atomic mass is 10.0. The summed E-state index contributed by atoms with van der Waals surface area (Å²) in [7, 11) is -3.85. The van der Waals surface area contributed by atoms with Crippen molar-refractivity contribution in [2.45, 2.75) is 17.7 Å². The van der Waals surface area contributed by atoms with Crippen molar-refractivity contribution in [1.82, 2.24) is 0 Å². The maximum atomic E-state index is 12.3. The molecule has 0 aromatic heterocycles. The Balaban J connectivity index is 1.69. The van der Waals surface area contributed by atoms with E-state index in [2.05, 4.69) is 5.32 Å². The van der Waals surface area contributed by atoms with E-state index < -0.39 is 10.0 Å². The molecule has 8 heteroatoms. The minimum Gasteiger partial charge on any atom is -0.384 e. The lowest BCUT2D eigenvalue weighted by Gasteiger charge is -2.10. The van der Waals surface area contributed by atoms with Crippen LogP contribution in [0.4, 0.5) is 5.69 Å². The van der Waals surface area contributed by atoms with E-state index in [1.54, 1.807) is 54.6 Å². The summed E-state index contributed by atoms with van der Waals surface area (Å²) >= 11 is 0. The van der Waals surface area contributed by atoms with E-state index in [1.807, 2.05) is 12.1 Å². The monoisotopic (exact) mass is 422 g/mol. The Morgan fingerprint density at radius 2 is 1.57 bits per heavy atom. The molecule has 154 valence electrons. The van der Waals surface area contributed by atoms with Gasteiger partial charge in [0.15, 0.2) is 0 Å². The molecule has 0 fully saturated rings. The largest absolute Gasteiger partial charge is 0.384 e. The van der Waals surface area contributed by atoms with E-state index in [1.165, 1.54) is 6.07 Å². The molecule has 1 amide bonds. The van der Waals surface area contributed by atoms with E-state index in [0.717, 1.165) is 5.56 Å². The van der Waals surface area contributed by atoms with E-state index in [-0.39, 0.29) is 23.1 Å². The predicted molar refractivity (Wildman–Crippen MR) is 118 cm³/mol. The zero-order chi connectivity index (χ0) is 21.7. The molecule has 0 aliphatic rings. The van der Waals surface area contributed by atoms with Gasteiger partial charge in [-0.3, -0.25) is 10.2 Å². The highest BCUT2D eigenvalue weighted by Crippen LogP contribution is 2.27. The third-order valence-electron chi connectivity index (χ3n) is 4.60. The van der Waals surface area contributed by atoms with Gasteiger partial charge in [0.05, 0.1) is 4.90 Å². The number of benzene rings is 3. The lowest BCUT2D eigenvalue weighted by molar-refractivity contribution is -0.116. The van der Waals surface area contributed by atoms with Gasteiger partial charge in [0.25, 0.3) is 0 Å². The SMILES string of the molecule is N=C(N)c1ccccc1CCC(=O)Nc1ccc(-c2ccccc2S(N)(=O)=O)cc1. The van der Waals surface area contributed by atoms with Gasteiger partial charge in [-0.05, 0) is 35.7 Å². The van der Waals surface area contributed by atoms with Crippen molar-refractivity contribution in [3.05, 3.63) is 83.9 Å². The van der Waals surface area contributed by atoms with Crippen molar-refractivity contribution < 1.29 is 13.2 Å². The number of hydrogen-bond donors (Lipinski definition) is 4. The molecule has 0 aliphatic heterocycles. The number of amidine groups is 1. The molecule has 0 aliphatic carbocycles. The maximum Gasteiger partial charge on any atom is 0.238 e. The van der Waals surface area contributed by atoms with E-state index in [4.69, 9.17) is 16.3 Å². The van der Waals surface area contributed by atoms with Gasteiger partial charge < -0.3 is 11.1 Å². The summed E-state index contributed by atoms with van der Waals surface area (Å²) in [5, 5.41) is 15.7. The molecule has 0 saturated heterocycles. The molecule has 0 unspecified atom stereocenters. The average molecular weight is 423 g/mol. The van der Waals surface area contributed by atoms with Crippen LogP contribution in [0.1, 0.15) is 17.5 Å². The number of carbonyl (C=O) groups is 1. The van der Waals surface area contributed by atoms with Gasteiger partial charge in [-0.15, -0.1) is 0 Å². The summed E-state index contributed by atoms with van der Waals surface area (Å²) in [6, 6.07) is 20.6. The van der Waals surface area contributed by atoms with E-state index >= 15 is 0 Å². The molecule has 30 heavy (non-hydrogen) atoms. The summed E-state index contributed by atoms with van der Waals surface area (Å²) in [6.07, 6.45) is 0.696. The van der Waals surface area contributed by atoms with E-state index in [0.29, 0.717) is 28.8 Å². The van der Waals surface area contributed by atoms with Gasteiger partial charge in [0, 0.05) is 23.2 Å². The lowest BCUT2D eigenvalue weighted by Crippen LogP contribution is -2.16. The molecule has 3 aromatic carbocycles. The van der Waals surface area contributed by atoms with Crippen molar-refractivity contribution in [1.29, 1.82) is 5.41 Å². The van der Waals surface area contributed by atoms with Gasteiger partial charge in [-0.1, -0.05) is 54.6 Å². The van der Waals surface area contributed by atoms with Gasteiger partial charge >= 0.3 is 0 Å². The Kier molecular flexibility index (Phi) is 6.29. The Labute approximate surface area is 175 Å².